The Bertz CT molecular complexity index is 381. The lowest BCUT2D eigenvalue weighted by Gasteiger charge is -1.86. The highest BCUT2D eigenvalue weighted by Gasteiger charge is 1.87. The summed E-state index contributed by atoms with van der Waals surface area (Å²) in [7, 11) is 0. The minimum absolute atomic E-state index is 0.0880. The molecule has 1 aromatic carbocycles. The highest BCUT2D eigenvalue weighted by molar-refractivity contribution is 9.10. The number of hydrogen-bond acceptors (Lipinski definition) is 1. The van der Waals surface area contributed by atoms with Crippen LogP contribution < -0.4 is 0 Å². The molecule has 0 amide bonds. The van der Waals surface area contributed by atoms with Gasteiger partial charge in [0.25, 0.3) is 0 Å². The van der Waals surface area contributed by atoms with Crippen LogP contribution in [-0.2, 0) is 0 Å². The molecule has 44 valence electrons. The maximum atomic E-state index is 8.58. The Balaban J connectivity index is 3.69. The van der Waals surface area contributed by atoms with E-state index in [-0.39, 0.29) is 34.2 Å². The maximum Gasteiger partial charge on any atom is 0.0992 e. The van der Waals surface area contributed by atoms with Gasteiger partial charge in [-0.25, -0.2) is 0 Å². The molecular formula is C7H4BrN. The molecule has 1 nitrogen and oxygen atoms in total. The summed E-state index contributed by atoms with van der Waals surface area (Å²) < 4.78 is 29.4. The van der Waals surface area contributed by atoms with E-state index >= 15 is 0 Å². The van der Waals surface area contributed by atoms with E-state index < -0.39 is 0 Å². The fourth-order valence-electron chi connectivity index (χ4n) is 0.377. The van der Waals surface area contributed by atoms with Crippen LogP contribution in [0.4, 0.5) is 0 Å². The van der Waals surface area contributed by atoms with E-state index in [0.717, 1.165) is 0 Å². The van der Waals surface area contributed by atoms with Gasteiger partial charge in [-0.1, -0.05) is 22.0 Å². The average molecular weight is 186 g/mol. The summed E-state index contributed by atoms with van der Waals surface area (Å²) in [5.74, 6) is 0. The fourth-order valence-corrected chi connectivity index (χ4v) is 0.674. The minimum atomic E-state index is -0.360. The van der Waals surface area contributed by atoms with Gasteiger partial charge in [-0.05, 0) is 18.1 Å². The predicted octanol–water partition coefficient (Wildman–Crippen LogP) is 2.32. The molecule has 0 spiro atoms. The molecule has 1 rings (SSSR count). The lowest BCUT2D eigenvalue weighted by Crippen LogP contribution is -1.70. The molecule has 9 heavy (non-hydrogen) atoms. The summed E-state index contributed by atoms with van der Waals surface area (Å²) in [4.78, 5) is 0. The van der Waals surface area contributed by atoms with Crippen molar-refractivity contribution in [1.82, 2.24) is 0 Å². The topological polar surface area (TPSA) is 23.8 Å². The molecule has 0 N–H and O–H groups in total. The Morgan fingerprint density at radius 1 is 1.67 bits per heavy atom. The zero-order valence-corrected chi connectivity index (χ0v) is 5.91. The second kappa shape index (κ2) is 2.65. The van der Waals surface area contributed by atoms with E-state index in [0.29, 0.717) is 0 Å². The highest BCUT2D eigenvalue weighted by atomic mass is 79.9. The summed E-state index contributed by atoms with van der Waals surface area (Å²) in [6.45, 7) is 0. The molecule has 0 unspecified atom stereocenters. The van der Waals surface area contributed by atoms with Crippen molar-refractivity contribution in [2.45, 2.75) is 0 Å². The predicted molar refractivity (Wildman–Crippen MR) is 38.9 cm³/mol. The SMILES string of the molecule is [2H]c1c([2H])c(Br)c([2H])c(C#N)c1[2H]. The van der Waals surface area contributed by atoms with Crippen molar-refractivity contribution < 1.29 is 5.48 Å². The second-order valence-electron chi connectivity index (χ2n) is 1.30. The van der Waals surface area contributed by atoms with Gasteiger partial charge in [0.2, 0.25) is 0 Å². The third-order valence-electron chi connectivity index (χ3n) is 0.706. The van der Waals surface area contributed by atoms with E-state index in [9.17, 15) is 0 Å². The van der Waals surface area contributed by atoms with Crippen molar-refractivity contribution >= 4 is 15.9 Å². The van der Waals surface area contributed by atoms with Gasteiger partial charge >= 0.3 is 0 Å². The third kappa shape index (κ3) is 1.55. The monoisotopic (exact) mass is 185 g/mol. The number of benzene rings is 1. The molecule has 0 heterocycles. The highest BCUT2D eigenvalue weighted by Crippen LogP contribution is 2.09. The van der Waals surface area contributed by atoms with E-state index in [1.807, 2.05) is 0 Å². The molecule has 0 saturated carbocycles. The van der Waals surface area contributed by atoms with Crippen LogP contribution in [0.25, 0.3) is 0 Å². The van der Waals surface area contributed by atoms with Crippen LogP contribution in [-0.4, -0.2) is 0 Å². The number of nitrogens with zero attached hydrogens (tertiary/aromatic N) is 1. The van der Waals surface area contributed by atoms with Crippen molar-refractivity contribution in [2.24, 2.45) is 0 Å². The van der Waals surface area contributed by atoms with Gasteiger partial charge in [0.1, 0.15) is 0 Å². The number of halogens is 1. The van der Waals surface area contributed by atoms with Crippen molar-refractivity contribution in [2.75, 3.05) is 0 Å². The van der Waals surface area contributed by atoms with Crippen LogP contribution in [0.1, 0.15) is 11.0 Å². The Morgan fingerprint density at radius 3 is 3.11 bits per heavy atom. The van der Waals surface area contributed by atoms with Gasteiger partial charge < -0.3 is 0 Å². The molecule has 2 heteroatoms. The second-order valence-corrected chi connectivity index (χ2v) is 2.09. The van der Waals surface area contributed by atoms with Crippen molar-refractivity contribution in [3.8, 4) is 6.07 Å². The molecule has 0 aliphatic carbocycles. The van der Waals surface area contributed by atoms with Gasteiger partial charge in [0.05, 0.1) is 17.1 Å². The van der Waals surface area contributed by atoms with Crippen LogP contribution in [0.5, 0.6) is 0 Å². The number of rotatable bonds is 0. The summed E-state index contributed by atoms with van der Waals surface area (Å²) in [5.41, 5.74) is -0.173. The quantitative estimate of drug-likeness (QED) is 0.609. The molecule has 0 aliphatic rings. The van der Waals surface area contributed by atoms with Crippen molar-refractivity contribution in [3.63, 3.8) is 0 Å². The molecule has 0 atom stereocenters. The van der Waals surface area contributed by atoms with Crippen LogP contribution >= 0.6 is 15.9 Å². The van der Waals surface area contributed by atoms with E-state index in [2.05, 4.69) is 15.9 Å². The number of nitriles is 1. The molecule has 0 bridgehead atoms. The first-order chi connectivity index (χ1) is 6.00. The summed E-state index contributed by atoms with van der Waals surface area (Å²) >= 11 is 2.93. The summed E-state index contributed by atoms with van der Waals surface area (Å²) in [6.07, 6.45) is 0. The molecule has 1 aromatic rings. The van der Waals surface area contributed by atoms with E-state index in [1.54, 1.807) is 6.07 Å². The smallest absolute Gasteiger partial charge is 0.0992 e. The first-order valence-electron chi connectivity index (χ1n) is 4.16. The van der Waals surface area contributed by atoms with Crippen molar-refractivity contribution in [1.29, 1.82) is 5.26 Å². The lowest BCUT2D eigenvalue weighted by atomic mass is 10.2. The normalized spacial score (nSPS) is 14.7. The first-order valence-corrected chi connectivity index (χ1v) is 2.96. The van der Waals surface area contributed by atoms with E-state index in [1.165, 1.54) is 0 Å². The average Bonchev–Trinajstić information content (AvgIpc) is 2.13. The van der Waals surface area contributed by atoms with E-state index in [4.69, 9.17) is 10.7 Å². The molecular weight excluding hydrogens is 178 g/mol. The van der Waals surface area contributed by atoms with Crippen LogP contribution in [0.3, 0.4) is 0 Å². The molecule has 0 aromatic heterocycles. The molecule has 0 radical (unpaired) electrons. The fraction of sp³-hybridized carbons (Fsp3) is 0. The Hall–Kier alpha value is -0.810. The Morgan fingerprint density at radius 2 is 2.44 bits per heavy atom. The summed E-state index contributed by atoms with van der Waals surface area (Å²) in [5, 5.41) is 8.58. The summed E-state index contributed by atoms with van der Waals surface area (Å²) in [6, 6.07) is 0.542. The zero-order chi connectivity index (χ0) is 10.2. The molecule has 0 fully saturated rings. The minimum Gasteiger partial charge on any atom is -0.192 e. The third-order valence-corrected chi connectivity index (χ3v) is 1.10. The standard InChI is InChI=1S/C7H4BrN/c8-7-3-1-2-6(4-7)5-9/h1-4H/i1D,2D,3D,4D. The Kier molecular flexibility index (Phi) is 0.840. The van der Waals surface area contributed by atoms with Gasteiger partial charge in [-0.15, -0.1) is 0 Å². The van der Waals surface area contributed by atoms with Crippen LogP contribution in [0.2, 0.25) is 0 Å². The molecule has 0 aliphatic heterocycles. The maximum absolute atomic E-state index is 8.58. The Labute approximate surface area is 67.7 Å². The molecule has 0 saturated heterocycles. The van der Waals surface area contributed by atoms with Gasteiger partial charge in [-0.3, -0.25) is 0 Å². The van der Waals surface area contributed by atoms with Gasteiger partial charge in [0, 0.05) is 4.47 Å². The van der Waals surface area contributed by atoms with Crippen LogP contribution in [0.15, 0.2) is 28.6 Å². The van der Waals surface area contributed by atoms with Gasteiger partial charge in [0.15, 0.2) is 0 Å². The largest absolute Gasteiger partial charge is 0.192 e. The van der Waals surface area contributed by atoms with Gasteiger partial charge in [-0.2, -0.15) is 5.26 Å². The van der Waals surface area contributed by atoms with Crippen LogP contribution in [0, 0.1) is 11.3 Å². The number of hydrogen-bond donors (Lipinski definition) is 0. The zero-order valence-electron chi connectivity index (χ0n) is 8.33. The van der Waals surface area contributed by atoms with Crippen molar-refractivity contribution in [3.05, 3.63) is 34.2 Å². The first kappa shape index (κ1) is 2.85. The lowest BCUT2D eigenvalue weighted by molar-refractivity contribution is 1.48.